The van der Waals surface area contributed by atoms with Crippen LogP contribution in [0, 0.1) is 0 Å². The van der Waals surface area contributed by atoms with E-state index < -0.39 is 0 Å². The quantitative estimate of drug-likeness (QED) is 0.744. The minimum Gasteiger partial charge on any atom is -0.494 e. The SMILES string of the molecule is CCOc1ccc(NC(=S)NC2CCN(Cc3cccs3)CC2)cc1. The summed E-state index contributed by atoms with van der Waals surface area (Å²) in [6, 6.07) is 12.7. The van der Waals surface area contributed by atoms with Crippen LogP contribution in [-0.2, 0) is 6.54 Å². The first-order valence-electron chi connectivity index (χ1n) is 8.78. The standard InChI is InChI=1S/C19H25N3OS2/c1-2-23-17-7-5-15(6-8-17)20-19(24)21-16-9-11-22(12-10-16)14-18-4-3-13-25-18/h3-8,13,16H,2,9-12,14H2,1H3,(H2,20,21,24). The number of ether oxygens (including phenoxy) is 1. The Hall–Kier alpha value is -1.63. The maximum Gasteiger partial charge on any atom is 0.170 e. The summed E-state index contributed by atoms with van der Waals surface area (Å²) in [5.41, 5.74) is 0.982. The summed E-state index contributed by atoms with van der Waals surface area (Å²) < 4.78 is 5.45. The summed E-state index contributed by atoms with van der Waals surface area (Å²) in [4.78, 5) is 3.96. The Bertz CT molecular complexity index is 650. The highest BCUT2D eigenvalue weighted by atomic mass is 32.1. The summed E-state index contributed by atoms with van der Waals surface area (Å²) >= 11 is 7.29. The second kappa shape index (κ2) is 9.17. The highest BCUT2D eigenvalue weighted by Gasteiger charge is 2.20. The molecule has 0 radical (unpaired) electrons. The second-order valence-corrected chi connectivity index (χ2v) is 7.63. The molecule has 0 amide bonds. The molecule has 134 valence electrons. The Morgan fingerprint density at radius 1 is 1.24 bits per heavy atom. The van der Waals surface area contributed by atoms with Crippen LogP contribution >= 0.6 is 23.6 Å². The lowest BCUT2D eigenvalue weighted by Crippen LogP contribution is -2.45. The number of nitrogens with zero attached hydrogens (tertiary/aromatic N) is 1. The van der Waals surface area contributed by atoms with Gasteiger partial charge in [0.05, 0.1) is 6.61 Å². The maximum atomic E-state index is 5.46. The van der Waals surface area contributed by atoms with Crippen molar-refractivity contribution >= 4 is 34.4 Å². The molecule has 6 heteroatoms. The highest BCUT2D eigenvalue weighted by Crippen LogP contribution is 2.18. The molecule has 2 N–H and O–H groups in total. The van der Waals surface area contributed by atoms with Crippen LogP contribution in [0.25, 0.3) is 0 Å². The van der Waals surface area contributed by atoms with Crippen molar-refractivity contribution in [2.24, 2.45) is 0 Å². The third-order valence-corrected chi connectivity index (χ3v) is 5.39. The van der Waals surface area contributed by atoms with E-state index in [9.17, 15) is 0 Å². The molecule has 1 aromatic heterocycles. The number of nitrogens with one attached hydrogen (secondary N) is 2. The molecule has 2 heterocycles. The first-order chi connectivity index (χ1) is 12.2. The first-order valence-corrected chi connectivity index (χ1v) is 10.1. The van der Waals surface area contributed by atoms with E-state index in [0.29, 0.717) is 17.8 Å². The summed E-state index contributed by atoms with van der Waals surface area (Å²) in [7, 11) is 0. The van der Waals surface area contributed by atoms with Gasteiger partial charge in [0, 0.05) is 36.2 Å². The van der Waals surface area contributed by atoms with Gasteiger partial charge in [-0.1, -0.05) is 6.07 Å². The fraction of sp³-hybridized carbons (Fsp3) is 0.421. The summed E-state index contributed by atoms with van der Waals surface area (Å²) in [5.74, 6) is 0.880. The number of benzene rings is 1. The lowest BCUT2D eigenvalue weighted by Gasteiger charge is -2.32. The van der Waals surface area contributed by atoms with Gasteiger partial charge in [-0.05, 0) is 67.7 Å². The monoisotopic (exact) mass is 375 g/mol. The number of rotatable bonds is 6. The number of likely N-dealkylation sites (tertiary alicyclic amines) is 1. The van der Waals surface area contributed by atoms with Crippen LogP contribution in [0.3, 0.4) is 0 Å². The van der Waals surface area contributed by atoms with Gasteiger partial charge in [-0.2, -0.15) is 0 Å². The molecule has 1 aliphatic heterocycles. The molecule has 0 unspecified atom stereocenters. The zero-order chi connectivity index (χ0) is 17.5. The van der Waals surface area contributed by atoms with Crippen LogP contribution in [0.2, 0.25) is 0 Å². The Morgan fingerprint density at radius 3 is 2.64 bits per heavy atom. The average molecular weight is 376 g/mol. The molecule has 0 aliphatic carbocycles. The third kappa shape index (κ3) is 5.70. The number of piperidine rings is 1. The molecule has 0 spiro atoms. The fourth-order valence-electron chi connectivity index (χ4n) is 3.01. The van der Waals surface area contributed by atoms with Crippen LogP contribution < -0.4 is 15.4 Å². The number of thiocarbonyl (C=S) groups is 1. The van der Waals surface area contributed by atoms with E-state index in [1.165, 1.54) is 4.88 Å². The molecule has 2 aromatic rings. The van der Waals surface area contributed by atoms with E-state index in [0.717, 1.165) is 43.9 Å². The fourth-order valence-corrected chi connectivity index (χ4v) is 4.04. The van der Waals surface area contributed by atoms with Gasteiger partial charge in [0.2, 0.25) is 0 Å². The zero-order valence-electron chi connectivity index (χ0n) is 14.5. The summed E-state index contributed by atoms with van der Waals surface area (Å²) in [6.45, 7) is 5.95. The van der Waals surface area contributed by atoms with Gasteiger partial charge in [0.15, 0.2) is 5.11 Å². The van der Waals surface area contributed by atoms with E-state index in [2.05, 4.69) is 33.0 Å². The molecule has 1 aliphatic rings. The largest absolute Gasteiger partial charge is 0.494 e. The van der Waals surface area contributed by atoms with E-state index in [4.69, 9.17) is 17.0 Å². The van der Waals surface area contributed by atoms with Gasteiger partial charge in [-0.15, -0.1) is 11.3 Å². The van der Waals surface area contributed by atoms with Crippen molar-refractivity contribution in [3.05, 3.63) is 46.7 Å². The zero-order valence-corrected chi connectivity index (χ0v) is 16.2. The number of thiophene rings is 1. The summed E-state index contributed by atoms with van der Waals surface area (Å²) in [6.07, 6.45) is 2.24. The topological polar surface area (TPSA) is 36.5 Å². The number of anilines is 1. The van der Waals surface area contributed by atoms with E-state index in [1.54, 1.807) is 0 Å². The predicted octanol–water partition coefficient (Wildman–Crippen LogP) is 4.10. The molecule has 1 aromatic carbocycles. The lowest BCUT2D eigenvalue weighted by molar-refractivity contribution is 0.201. The van der Waals surface area contributed by atoms with Crippen molar-refractivity contribution < 1.29 is 4.74 Å². The summed E-state index contributed by atoms with van der Waals surface area (Å²) in [5, 5.41) is 9.55. The highest BCUT2D eigenvalue weighted by molar-refractivity contribution is 7.80. The Morgan fingerprint density at radius 2 is 2.00 bits per heavy atom. The van der Waals surface area contributed by atoms with E-state index >= 15 is 0 Å². The Kier molecular flexibility index (Phi) is 6.67. The van der Waals surface area contributed by atoms with Crippen LogP contribution in [0.1, 0.15) is 24.6 Å². The van der Waals surface area contributed by atoms with E-state index in [1.807, 2.05) is 42.5 Å². The van der Waals surface area contributed by atoms with Crippen LogP contribution in [0.5, 0.6) is 5.75 Å². The normalized spacial score (nSPS) is 15.7. The Balaban J connectivity index is 1.40. The van der Waals surface area contributed by atoms with Gasteiger partial charge in [-0.25, -0.2) is 0 Å². The molecule has 4 nitrogen and oxygen atoms in total. The van der Waals surface area contributed by atoms with Gasteiger partial charge < -0.3 is 15.4 Å². The molecule has 25 heavy (non-hydrogen) atoms. The molecule has 3 rings (SSSR count). The van der Waals surface area contributed by atoms with Crippen molar-refractivity contribution in [2.75, 3.05) is 25.0 Å². The predicted molar refractivity (Wildman–Crippen MR) is 110 cm³/mol. The van der Waals surface area contributed by atoms with Crippen LogP contribution in [0.4, 0.5) is 5.69 Å². The number of hydrogen-bond donors (Lipinski definition) is 2. The second-order valence-electron chi connectivity index (χ2n) is 6.19. The van der Waals surface area contributed by atoms with Crippen molar-refractivity contribution in [3.63, 3.8) is 0 Å². The van der Waals surface area contributed by atoms with Crippen molar-refractivity contribution in [1.29, 1.82) is 0 Å². The molecule has 1 fully saturated rings. The van der Waals surface area contributed by atoms with Crippen molar-refractivity contribution in [3.8, 4) is 5.75 Å². The molecule has 1 saturated heterocycles. The van der Waals surface area contributed by atoms with Crippen LogP contribution in [0.15, 0.2) is 41.8 Å². The molecular weight excluding hydrogens is 350 g/mol. The van der Waals surface area contributed by atoms with Gasteiger partial charge >= 0.3 is 0 Å². The molecule has 0 bridgehead atoms. The van der Waals surface area contributed by atoms with Crippen LogP contribution in [-0.4, -0.2) is 35.8 Å². The maximum absolute atomic E-state index is 5.46. The minimum absolute atomic E-state index is 0.447. The van der Waals surface area contributed by atoms with Crippen molar-refractivity contribution in [2.45, 2.75) is 32.4 Å². The molecule has 0 saturated carbocycles. The smallest absolute Gasteiger partial charge is 0.170 e. The average Bonchev–Trinajstić information content (AvgIpc) is 3.12. The number of hydrogen-bond acceptors (Lipinski definition) is 4. The molecular formula is C19H25N3OS2. The van der Waals surface area contributed by atoms with Gasteiger partial charge in [0.25, 0.3) is 0 Å². The first kappa shape index (κ1) is 18.2. The van der Waals surface area contributed by atoms with Gasteiger partial charge in [0.1, 0.15) is 5.75 Å². The van der Waals surface area contributed by atoms with E-state index in [-0.39, 0.29) is 0 Å². The lowest BCUT2D eigenvalue weighted by atomic mass is 10.1. The minimum atomic E-state index is 0.447. The van der Waals surface area contributed by atoms with Crippen molar-refractivity contribution in [1.82, 2.24) is 10.2 Å². The Labute approximate surface area is 159 Å². The van der Waals surface area contributed by atoms with Gasteiger partial charge in [-0.3, -0.25) is 4.90 Å². The third-order valence-electron chi connectivity index (χ3n) is 4.31. The molecule has 0 atom stereocenters.